The maximum atomic E-state index is 13.0. The number of nitrogens with zero attached hydrogens (tertiary/aromatic N) is 2. The minimum atomic E-state index is -0.294. The van der Waals surface area contributed by atoms with E-state index in [2.05, 4.69) is 39.6 Å². The fourth-order valence-corrected chi connectivity index (χ4v) is 3.75. The lowest BCUT2D eigenvalue weighted by Crippen LogP contribution is -2.40. The van der Waals surface area contributed by atoms with Crippen molar-refractivity contribution in [1.29, 1.82) is 0 Å². The van der Waals surface area contributed by atoms with Crippen LogP contribution in [0.4, 0.5) is 4.39 Å². The molecule has 6 heteroatoms. The lowest BCUT2D eigenvalue weighted by atomic mass is 9.89. The molecular weight excluding hydrogens is 369 g/mol. The van der Waals surface area contributed by atoms with Crippen LogP contribution in [0.5, 0.6) is 0 Å². The summed E-state index contributed by atoms with van der Waals surface area (Å²) in [5.74, 6) is 0.829. The van der Waals surface area contributed by atoms with Crippen LogP contribution in [0.3, 0.4) is 0 Å². The van der Waals surface area contributed by atoms with Gasteiger partial charge >= 0.3 is 0 Å². The Morgan fingerprint density at radius 2 is 1.83 bits per heavy atom. The summed E-state index contributed by atoms with van der Waals surface area (Å²) in [7, 11) is 0. The van der Waals surface area contributed by atoms with E-state index < -0.39 is 0 Å². The second-order valence-electron chi connectivity index (χ2n) is 7.42. The Hall–Kier alpha value is -2.99. The molecule has 0 aliphatic carbocycles. The number of piperidine rings is 1. The first-order valence-electron chi connectivity index (χ1n) is 9.93. The molecule has 1 amide bonds. The maximum absolute atomic E-state index is 13.0. The van der Waals surface area contributed by atoms with Crippen molar-refractivity contribution in [2.75, 3.05) is 19.6 Å². The first kappa shape index (κ1) is 19.3. The summed E-state index contributed by atoms with van der Waals surface area (Å²) in [6, 6.07) is 18.4. The van der Waals surface area contributed by atoms with Gasteiger partial charge in [-0.3, -0.25) is 9.69 Å². The molecule has 1 aliphatic rings. The highest BCUT2D eigenvalue weighted by Crippen LogP contribution is 2.27. The zero-order chi connectivity index (χ0) is 20.1. The number of halogens is 1. The van der Waals surface area contributed by atoms with Gasteiger partial charge < -0.3 is 9.84 Å². The van der Waals surface area contributed by atoms with Crippen LogP contribution in [0.2, 0.25) is 0 Å². The van der Waals surface area contributed by atoms with Crippen LogP contribution >= 0.6 is 0 Å². The zero-order valence-electron chi connectivity index (χ0n) is 16.2. The van der Waals surface area contributed by atoms with Gasteiger partial charge in [-0.05, 0) is 61.7 Å². The lowest BCUT2D eigenvalue weighted by molar-refractivity contribution is -0.122. The van der Waals surface area contributed by atoms with Crippen LogP contribution in [0.25, 0.3) is 11.3 Å². The Morgan fingerprint density at radius 1 is 1.10 bits per heavy atom. The monoisotopic (exact) mass is 393 g/mol. The summed E-state index contributed by atoms with van der Waals surface area (Å²) in [4.78, 5) is 14.5. The maximum Gasteiger partial charge on any atom is 0.234 e. The van der Waals surface area contributed by atoms with E-state index in [1.54, 1.807) is 18.2 Å². The van der Waals surface area contributed by atoms with Gasteiger partial charge in [-0.25, -0.2) is 4.39 Å². The standard InChI is InChI=1S/C23H24FN3O2/c24-20-8-6-19(7-9-20)22-14-21(29-26-22)15-25-23(28)16-27-12-10-18(11-13-27)17-4-2-1-3-5-17/h1-9,14,18H,10-13,15-16H2,(H,25,28). The van der Waals surface area contributed by atoms with E-state index >= 15 is 0 Å². The summed E-state index contributed by atoms with van der Waals surface area (Å²) < 4.78 is 18.3. The number of rotatable bonds is 6. The Labute approximate surface area is 169 Å². The highest BCUT2D eigenvalue weighted by Gasteiger charge is 2.22. The van der Waals surface area contributed by atoms with Crippen molar-refractivity contribution in [2.24, 2.45) is 0 Å². The predicted molar refractivity (Wildman–Crippen MR) is 109 cm³/mol. The van der Waals surface area contributed by atoms with Crippen molar-refractivity contribution in [2.45, 2.75) is 25.3 Å². The Bertz CT molecular complexity index is 932. The smallest absolute Gasteiger partial charge is 0.234 e. The van der Waals surface area contributed by atoms with E-state index in [4.69, 9.17) is 4.52 Å². The molecule has 4 rings (SSSR count). The number of hydrogen-bond donors (Lipinski definition) is 1. The Balaban J connectivity index is 1.22. The molecule has 1 aromatic heterocycles. The van der Waals surface area contributed by atoms with Crippen molar-refractivity contribution in [3.05, 3.63) is 77.8 Å². The number of aromatic nitrogens is 1. The van der Waals surface area contributed by atoms with E-state index in [1.165, 1.54) is 17.7 Å². The van der Waals surface area contributed by atoms with Gasteiger partial charge in [0.1, 0.15) is 11.5 Å². The van der Waals surface area contributed by atoms with Crippen LogP contribution in [0.15, 0.2) is 65.2 Å². The molecule has 0 atom stereocenters. The SMILES string of the molecule is O=C(CN1CCC(c2ccccc2)CC1)NCc1cc(-c2ccc(F)cc2)no1. The first-order valence-corrected chi connectivity index (χ1v) is 9.93. The van der Waals surface area contributed by atoms with Gasteiger partial charge in [0.05, 0.1) is 13.1 Å². The van der Waals surface area contributed by atoms with Gasteiger partial charge in [-0.2, -0.15) is 0 Å². The molecule has 3 aromatic rings. The quantitative estimate of drug-likeness (QED) is 0.688. The van der Waals surface area contributed by atoms with Crippen LogP contribution in [0.1, 0.15) is 30.1 Å². The van der Waals surface area contributed by atoms with Crippen LogP contribution < -0.4 is 5.32 Å². The third kappa shape index (κ3) is 5.09. The number of carbonyl (C=O) groups is 1. The molecule has 0 unspecified atom stereocenters. The number of amides is 1. The molecule has 1 fully saturated rings. The Kier molecular flexibility index (Phi) is 6.00. The summed E-state index contributed by atoms with van der Waals surface area (Å²) >= 11 is 0. The molecule has 0 spiro atoms. The van der Waals surface area contributed by atoms with Crippen LogP contribution in [-0.2, 0) is 11.3 Å². The van der Waals surface area contributed by atoms with Gasteiger partial charge in [-0.15, -0.1) is 0 Å². The number of hydrogen-bond acceptors (Lipinski definition) is 4. The second kappa shape index (κ2) is 9.01. The van der Waals surface area contributed by atoms with Crippen molar-refractivity contribution < 1.29 is 13.7 Å². The number of nitrogens with one attached hydrogen (secondary N) is 1. The molecule has 1 N–H and O–H groups in total. The molecule has 0 radical (unpaired) electrons. The van der Waals surface area contributed by atoms with Gasteiger partial charge in [0, 0.05) is 11.6 Å². The molecule has 0 bridgehead atoms. The van der Waals surface area contributed by atoms with E-state index in [0.29, 0.717) is 23.9 Å². The van der Waals surface area contributed by atoms with Crippen LogP contribution in [-0.4, -0.2) is 35.6 Å². The molecule has 1 saturated heterocycles. The summed E-state index contributed by atoms with van der Waals surface area (Å²) in [6.07, 6.45) is 2.14. The number of carbonyl (C=O) groups excluding carboxylic acids is 1. The zero-order valence-corrected chi connectivity index (χ0v) is 16.2. The molecule has 0 saturated carbocycles. The van der Waals surface area contributed by atoms with Crippen LogP contribution in [0, 0.1) is 5.82 Å². The molecule has 150 valence electrons. The molecule has 2 aromatic carbocycles. The minimum Gasteiger partial charge on any atom is -0.359 e. The number of benzene rings is 2. The molecule has 5 nitrogen and oxygen atoms in total. The number of likely N-dealkylation sites (tertiary alicyclic amines) is 1. The van der Waals surface area contributed by atoms with E-state index in [9.17, 15) is 9.18 Å². The Morgan fingerprint density at radius 3 is 2.55 bits per heavy atom. The highest BCUT2D eigenvalue weighted by molar-refractivity contribution is 5.78. The molecule has 29 heavy (non-hydrogen) atoms. The third-order valence-electron chi connectivity index (χ3n) is 5.38. The van der Waals surface area contributed by atoms with Crippen molar-refractivity contribution in [3.8, 4) is 11.3 Å². The first-order chi connectivity index (χ1) is 14.2. The van der Waals surface area contributed by atoms with Gasteiger partial charge in [0.15, 0.2) is 5.76 Å². The summed E-state index contributed by atoms with van der Waals surface area (Å²) in [5.41, 5.74) is 2.78. The topological polar surface area (TPSA) is 58.4 Å². The molecule has 2 heterocycles. The summed E-state index contributed by atoms with van der Waals surface area (Å²) in [6.45, 7) is 2.52. The highest BCUT2D eigenvalue weighted by atomic mass is 19.1. The average Bonchev–Trinajstić information content (AvgIpc) is 3.23. The molecular formula is C23H24FN3O2. The van der Waals surface area contributed by atoms with E-state index in [1.807, 2.05) is 6.07 Å². The minimum absolute atomic E-state index is 0.0251. The average molecular weight is 393 g/mol. The van der Waals surface area contributed by atoms with Crippen molar-refractivity contribution in [3.63, 3.8) is 0 Å². The fourth-order valence-electron chi connectivity index (χ4n) is 3.75. The van der Waals surface area contributed by atoms with Crippen molar-refractivity contribution in [1.82, 2.24) is 15.4 Å². The second-order valence-corrected chi connectivity index (χ2v) is 7.42. The van der Waals surface area contributed by atoms with Gasteiger partial charge in [-0.1, -0.05) is 35.5 Å². The summed E-state index contributed by atoms with van der Waals surface area (Å²) in [5, 5.41) is 6.88. The van der Waals surface area contributed by atoms with Crippen molar-refractivity contribution >= 4 is 5.91 Å². The fraction of sp³-hybridized carbons (Fsp3) is 0.304. The predicted octanol–water partition coefficient (Wildman–Crippen LogP) is 3.98. The molecule has 1 aliphatic heterocycles. The third-order valence-corrected chi connectivity index (χ3v) is 5.38. The van der Waals surface area contributed by atoms with E-state index in [-0.39, 0.29) is 18.3 Å². The normalized spacial score (nSPS) is 15.3. The van der Waals surface area contributed by atoms with Gasteiger partial charge in [0.25, 0.3) is 0 Å². The lowest BCUT2D eigenvalue weighted by Gasteiger charge is -2.31. The van der Waals surface area contributed by atoms with E-state index in [0.717, 1.165) is 31.5 Å². The van der Waals surface area contributed by atoms with Gasteiger partial charge in [0.2, 0.25) is 5.91 Å². The largest absolute Gasteiger partial charge is 0.359 e.